The highest BCUT2D eigenvalue weighted by atomic mass is 16.2. The van der Waals surface area contributed by atoms with Crippen LogP contribution in [0.15, 0.2) is 0 Å². The molecule has 0 spiro atoms. The standard InChI is InChI=1S/C8H15N3O2/c1-10-7(12)8(13)11-4-2-6(9)3-5-11/h6H,2-5,9H2,1H3,(H,10,12). The fourth-order valence-electron chi connectivity index (χ4n) is 1.35. The van der Waals surface area contributed by atoms with Gasteiger partial charge in [-0.15, -0.1) is 0 Å². The second kappa shape index (κ2) is 4.23. The molecule has 1 saturated heterocycles. The minimum atomic E-state index is -0.546. The number of amides is 2. The fourth-order valence-corrected chi connectivity index (χ4v) is 1.35. The molecule has 0 bridgehead atoms. The van der Waals surface area contributed by atoms with Crippen molar-refractivity contribution in [3.8, 4) is 0 Å². The number of piperidine rings is 1. The van der Waals surface area contributed by atoms with Gasteiger partial charge in [-0.1, -0.05) is 0 Å². The van der Waals surface area contributed by atoms with Gasteiger partial charge in [-0.2, -0.15) is 0 Å². The summed E-state index contributed by atoms with van der Waals surface area (Å²) in [6, 6.07) is 0.175. The number of nitrogens with two attached hydrogens (primary N) is 1. The van der Waals surface area contributed by atoms with Gasteiger partial charge in [0.05, 0.1) is 0 Å². The molecule has 5 nitrogen and oxygen atoms in total. The number of hydrogen-bond donors (Lipinski definition) is 2. The molecule has 0 radical (unpaired) electrons. The van der Waals surface area contributed by atoms with Crippen LogP contribution in [0.4, 0.5) is 0 Å². The normalized spacial score (nSPS) is 18.5. The van der Waals surface area contributed by atoms with Gasteiger partial charge in [0.1, 0.15) is 0 Å². The van der Waals surface area contributed by atoms with E-state index in [1.165, 1.54) is 7.05 Å². The quantitative estimate of drug-likeness (QED) is 0.460. The molecule has 0 aliphatic carbocycles. The van der Waals surface area contributed by atoms with Gasteiger partial charge in [0.25, 0.3) is 0 Å². The Kier molecular flexibility index (Phi) is 3.25. The molecular formula is C8H15N3O2. The minimum absolute atomic E-state index is 0.175. The average Bonchev–Trinajstić information content (AvgIpc) is 2.17. The highest BCUT2D eigenvalue weighted by Crippen LogP contribution is 2.07. The smallest absolute Gasteiger partial charge is 0.311 e. The number of hydrogen-bond acceptors (Lipinski definition) is 3. The Labute approximate surface area is 77.3 Å². The molecule has 3 N–H and O–H groups in total. The number of carbonyl (C=O) groups excluding carboxylic acids is 2. The lowest BCUT2D eigenvalue weighted by Gasteiger charge is -2.29. The Bertz CT molecular complexity index is 209. The molecule has 2 amide bonds. The summed E-state index contributed by atoms with van der Waals surface area (Å²) >= 11 is 0. The Morgan fingerprint density at radius 1 is 1.38 bits per heavy atom. The molecule has 0 aromatic rings. The monoisotopic (exact) mass is 185 g/mol. The van der Waals surface area contributed by atoms with Gasteiger partial charge in [-0.3, -0.25) is 9.59 Å². The third kappa shape index (κ3) is 2.42. The van der Waals surface area contributed by atoms with E-state index in [4.69, 9.17) is 5.73 Å². The predicted molar refractivity (Wildman–Crippen MR) is 47.9 cm³/mol. The summed E-state index contributed by atoms with van der Waals surface area (Å²) in [6.45, 7) is 1.18. The van der Waals surface area contributed by atoms with Crippen LogP contribution in [-0.4, -0.2) is 42.9 Å². The summed E-state index contributed by atoms with van der Waals surface area (Å²) in [5.74, 6) is -0.995. The van der Waals surface area contributed by atoms with Crippen LogP contribution in [0.5, 0.6) is 0 Å². The zero-order valence-electron chi connectivity index (χ0n) is 7.75. The Balaban J connectivity index is 2.44. The van der Waals surface area contributed by atoms with E-state index >= 15 is 0 Å². The van der Waals surface area contributed by atoms with Crippen molar-refractivity contribution in [1.82, 2.24) is 10.2 Å². The molecule has 13 heavy (non-hydrogen) atoms. The van der Waals surface area contributed by atoms with Crippen LogP contribution in [0, 0.1) is 0 Å². The van der Waals surface area contributed by atoms with Crippen LogP contribution < -0.4 is 11.1 Å². The second-order valence-electron chi connectivity index (χ2n) is 3.21. The van der Waals surface area contributed by atoms with Crippen LogP contribution in [-0.2, 0) is 9.59 Å². The number of likely N-dealkylation sites (N-methyl/N-ethyl adjacent to an activating group) is 1. The zero-order valence-corrected chi connectivity index (χ0v) is 7.75. The molecule has 1 aliphatic heterocycles. The van der Waals surface area contributed by atoms with Gasteiger partial charge in [-0.25, -0.2) is 0 Å². The van der Waals surface area contributed by atoms with Gasteiger partial charge in [0.15, 0.2) is 0 Å². The number of nitrogens with one attached hydrogen (secondary N) is 1. The lowest BCUT2D eigenvalue weighted by molar-refractivity contribution is -0.146. The molecule has 0 aromatic heterocycles. The molecule has 0 unspecified atom stereocenters. The predicted octanol–water partition coefficient (Wildman–Crippen LogP) is -1.32. The maximum absolute atomic E-state index is 11.3. The summed E-state index contributed by atoms with van der Waals surface area (Å²) < 4.78 is 0. The lowest BCUT2D eigenvalue weighted by atomic mass is 10.1. The summed E-state index contributed by atoms with van der Waals surface area (Å²) in [4.78, 5) is 23.8. The second-order valence-corrected chi connectivity index (χ2v) is 3.21. The lowest BCUT2D eigenvalue weighted by Crippen LogP contribution is -2.47. The van der Waals surface area contributed by atoms with Crippen LogP contribution in [0.25, 0.3) is 0 Å². The molecule has 0 saturated carbocycles. The molecule has 0 aromatic carbocycles. The molecule has 0 atom stereocenters. The van der Waals surface area contributed by atoms with E-state index in [-0.39, 0.29) is 6.04 Å². The third-order valence-corrected chi connectivity index (χ3v) is 2.25. The Hall–Kier alpha value is -1.10. The van der Waals surface area contributed by atoms with E-state index in [9.17, 15) is 9.59 Å². The number of rotatable bonds is 0. The van der Waals surface area contributed by atoms with Crippen molar-refractivity contribution in [3.63, 3.8) is 0 Å². The van der Waals surface area contributed by atoms with Crippen LogP contribution in [0.3, 0.4) is 0 Å². The number of nitrogens with zero attached hydrogens (tertiary/aromatic N) is 1. The summed E-state index contributed by atoms with van der Waals surface area (Å²) in [5, 5.41) is 2.31. The SMILES string of the molecule is CNC(=O)C(=O)N1CCC(N)CC1. The molecule has 1 heterocycles. The average molecular weight is 185 g/mol. The van der Waals surface area contributed by atoms with Gasteiger partial charge < -0.3 is 16.0 Å². The number of carbonyl (C=O) groups is 2. The van der Waals surface area contributed by atoms with Crippen molar-refractivity contribution >= 4 is 11.8 Å². The van der Waals surface area contributed by atoms with Crippen LogP contribution in [0.2, 0.25) is 0 Å². The highest BCUT2D eigenvalue weighted by Gasteiger charge is 2.24. The zero-order chi connectivity index (χ0) is 9.84. The third-order valence-electron chi connectivity index (χ3n) is 2.25. The van der Waals surface area contributed by atoms with Crippen molar-refractivity contribution in [2.45, 2.75) is 18.9 Å². The molecule has 1 rings (SSSR count). The van der Waals surface area contributed by atoms with Gasteiger partial charge >= 0.3 is 11.8 Å². The first-order valence-electron chi connectivity index (χ1n) is 4.41. The van der Waals surface area contributed by atoms with Crippen molar-refractivity contribution in [2.75, 3.05) is 20.1 Å². The van der Waals surface area contributed by atoms with E-state index < -0.39 is 11.8 Å². The molecule has 1 aliphatic rings. The summed E-state index contributed by atoms with van der Waals surface area (Å²) in [6.07, 6.45) is 1.56. The van der Waals surface area contributed by atoms with E-state index in [0.29, 0.717) is 13.1 Å². The van der Waals surface area contributed by atoms with Crippen LogP contribution in [0.1, 0.15) is 12.8 Å². The number of likely N-dealkylation sites (tertiary alicyclic amines) is 1. The first kappa shape index (κ1) is 9.98. The molecular weight excluding hydrogens is 170 g/mol. The highest BCUT2D eigenvalue weighted by molar-refractivity contribution is 6.34. The largest absolute Gasteiger partial charge is 0.351 e. The van der Waals surface area contributed by atoms with Gasteiger partial charge in [-0.05, 0) is 12.8 Å². The fraction of sp³-hybridized carbons (Fsp3) is 0.750. The maximum atomic E-state index is 11.3. The van der Waals surface area contributed by atoms with Crippen LogP contribution >= 0.6 is 0 Å². The topological polar surface area (TPSA) is 75.4 Å². The first-order valence-corrected chi connectivity index (χ1v) is 4.41. The molecule has 5 heteroatoms. The van der Waals surface area contributed by atoms with E-state index in [1.807, 2.05) is 0 Å². The van der Waals surface area contributed by atoms with Crippen molar-refractivity contribution < 1.29 is 9.59 Å². The van der Waals surface area contributed by atoms with E-state index in [1.54, 1.807) is 4.90 Å². The van der Waals surface area contributed by atoms with Crippen molar-refractivity contribution in [1.29, 1.82) is 0 Å². The first-order chi connectivity index (χ1) is 6.15. The minimum Gasteiger partial charge on any atom is -0.351 e. The summed E-state index contributed by atoms with van der Waals surface area (Å²) in [7, 11) is 1.45. The van der Waals surface area contributed by atoms with Crippen molar-refractivity contribution in [2.24, 2.45) is 5.73 Å². The Morgan fingerprint density at radius 3 is 2.38 bits per heavy atom. The maximum Gasteiger partial charge on any atom is 0.311 e. The van der Waals surface area contributed by atoms with E-state index in [0.717, 1.165) is 12.8 Å². The Morgan fingerprint density at radius 2 is 1.92 bits per heavy atom. The summed E-state index contributed by atoms with van der Waals surface area (Å²) in [5.41, 5.74) is 5.67. The van der Waals surface area contributed by atoms with Gasteiger partial charge in [0.2, 0.25) is 0 Å². The van der Waals surface area contributed by atoms with E-state index in [2.05, 4.69) is 5.32 Å². The van der Waals surface area contributed by atoms with Gasteiger partial charge in [0, 0.05) is 26.2 Å². The van der Waals surface area contributed by atoms with Crippen molar-refractivity contribution in [3.05, 3.63) is 0 Å². The molecule has 74 valence electrons. The molecule has 1 fully saturated rings.